The second kappa shape index (κ2) is 11.8. The summed E-state index contributed by atoms with van der Waals surface area (Å²) in [5.74, 6) is 0.361. The van der Waals surface area contributed by atoms with Crippen LogP contribution in [0.1, 0.15) is 44.7 Å². The van der Waals surface area contributed by atoms with Gasteiger partial charge in [0.1, 0.15) is 5.75 Å². The minimum absolute atomic E-state index is 0.0431. The van der Waals surface area contributed by atoms with E-state index in [0.29, 0.717) is 17.1 Å². The Labute approximate surface area is 191 Å². The van der Waals surface area contributed by atoms with Gasteiger partial charge in [0.05, 0.1) is 7.11 Å². The van der Waals surface area contributed by atoms with Gasteiger partial charge in [0.2, 0.25) is 0 Å². The van der Waals surface area contributed by atoms with E-state index in [4.69, 9.17) is 9.47 Å². The molecule has 0 aromatic heterocycles. The molecule has 0 saturated carbocycles. The number of hydrogen-bond acceptors (Lipinski definition) is 4. The topological polar surface area (TPSA) is 55.8 Å². The third-order valence-corrected chi connectivity index (χ3v) is 5.05. The van der Waals surface area contributed by atoms with Gasteiger partial charge in [-0.15, -0.1) is 6.58 Å². The molecule has 0 amide bonds. The smallest absolute Gasteiger partial charge is 0.336 e. The Bertz CT molecular complexity index is 1030. The number of carbonyl (C=O) groups excluding carboxylic acids is 1. The number of phenols is 1. The van der Waals surface area contributed by atoms with Crippen LogP contribution in [0.15, 0.2) is 78.9 Å². The lowest BCUT2D eigenvalue weighted by Crippen LogP contribution is -2.08. The van der Waals surface area contributed by atoms with Gasteiger partial charge in [-0.3, -0.25) is 0 Å². The monoisotopic (exact) mass is 432 g/mol. The molecule has 32 heavy (non-hydrogen) atoms. The highest BCUT2D eigenvalue weighted by Gasteiger charge is 2.15. The van der Waals surface area contributed by atoms with E-state index in [1.54, 1.807) is 24.3 Å². The van der Waals surface area contributed by atoms with Crippen molar-refractivity contribution in [1.82, 2.24) is 0 Å². The molecule has 1 unspecified atom stereocenters. The number of methoxy groups -OCH3 is 1. The van der Waals surface area contributed by atoms with Crippen LogP contribution in [-0.4, -0.2) is 18.2 Å². The lowest BCUT2D eigenvalue weighted by molar-refractivity contribution is -0.128. The molecule has 2 aromatic rings. The van der Waals surface area contributed by atoms with Crippen LogP contribution < -0.4 is 9.47 Å². The summed E-state index contributed by atoms with van der Waals surface area (Å²) in [7, 11) is 1.47. The van der Waals surface area contributed by atoms with Crippen LogP contribution in [0.2, 0.25) is 0 Å². The second-order valence-electron chi connectivity index (χ2n) is 8.12. The van der Waals surface area contributed by atoms with Gasteiger partial charge in [0.15, 0.2) is 11.5 Å². The summed E-state index contributed by atoms with van der Waals surface area (Å²) in [6.45, 7) is 10.3. The molecule has 0 saturated heterocycles. The Balaban J connectivity index is 2.04. The number of rotatable bonds is 10. The van der Waals surface area contributed by atoms with Gasteiger partial charge < -0.3 is 14.6 Å². The predicted molar refractivity (Wildman–Crippen MR) is 132 cm³/mol. The van der Waals surface area contributed by atoms with E-state index in [1.807, 2.05) is 30.4 Å². The first-order valence-electron chi connectivity index (χ1n) is 10.6. The molecule has 4 nitrogen and oxygen atoms in total. The minimum Gasteiger partial charge on any atom is -0.504 e. The Morgan fingerprint density at radius 2 is 1.88 bits per heavy atom. The fourth-order valence-corrected chi connectivity index (χ4v) is 3.01. The van der Waals surface area contributed by atoms with Crippen molar-refractivity contribution in [2.45, 2.75) is 33.6 Å². The molecule has 0 aliphatic heterocycles. The molecule has 0 fully saturated rings. The number of esters is 1. The third-order valence-electron chi connectivity index (χ3n) is 5.05. The van der Waals surface area contributed by atoms with Gasteiger partial charge in [-0.1, -0.05) is 55.0 Å². The maximum atomic E-state index is 12.2. The Morgan fingerprint density at radius 3 is 2.56 bits per heavy atom. The molecule has 0 spiro atoms. The SMILES string of the molecule is C=CC(C)(/C=C/c1cccc(OC(=O)/C=C/c2ccc(O)c(OC)c2)c1)CCC=C(C)C. The maximum absolute atomic E-state index is 12.2. The zero-order chi connectivity index (χ0) is 23.6. The first kappa shape index (κ1) is 24.7. The Morgan fingerprint density at radius 1 is 1.12 bits per heavy atom. The largest absolute Gasteiger partial charge is 0.504 e. The highest BCUT2D eigenvalue weighted by atomic mass is 16.5. The van der Waals surface area contributed by atoms with Crippen molar-refractivity contribution < 1.29 is 19.4 Å². The third kappa shape index (κ3) is 7.95. The van der Waals surface area contributed by atoms with E-state index < -0.39 is 5.97 Å². The summed E-state index contributed by atoms with van der Waals surface area (Å²) < 4.78 is 10.5. The predicted octanol–water partition coefficient (Wildman–Crippen LogP) is 6.97. The summed E-state index contributed by atoms with van der Waals surface area (Å²) in [6.07, 6.45) is 13.3. The average Bonchev–Trinajstić information content (AvgIpc) is 2.77. The second-order valence-corrected chi connectivity index (χ2v) is 8.12. The van der Waals surface area contributed by atoms with Crippen molar-refractivity contribution in [2.24, 2.45) is 5.41 Å². The number of allylic oxidation sites excluding steroid dienone is 4. The lowest BCUT2D eigenvalue weighted by atomic mass is 9.84. The van der Waals surface area contributed by atoms with Crippen molar-refractivity contribution in [3.63, 3.8) is 0 Å². The van der Waals surface area contributed by atoms with Crippen LogP contribution in [0, 0.1) is 5.41 Å². The summed E-state index contributed by atoms with van der Waals surface area (Å²) >= 11 is 0. The van der Waals surface area contributed by atoms with Crippen LogP contribution in [0.25, 0.3) is 12.2 Å². The number of hydrogen-bond donors (Lipinski definition) is 1. The van der Waals surface area contributed by atoms with Crippen LogP contribution in [0.3, 0.4) is 0 Å². The lowest BCUT2D eigenvalue weighted by Gasteiger charge is -2.20. The van der Waals surface area contributed by atoms with E-state index >= 15 is 0 Å². The fraction of sp³-hybridized carbons (Fsp3) is 0.250. The first-order valence-corrected chi connectivity index (χ1v) is 10.6. The molecule has 2 aromatic carbocycles. The maximum Gasteiger partial charge on any atom is 0.336 e. The molecular weight excluding hydrogens is 400 g/mol. The van der Waals surface area contributed by atoms with E-state index in [9.17, 15) is 9.90 Å². The quantitative estimate of drug-likeness (QED) is 0.191. The van der Waals surface area contributed by atoms with Crippen molar-refractivity contribution >= 4 is 18.1 Å². The Hall–Kier alpha value is -3.53. The van der Waals surface area contributed by atoms with Gasteiger partial charge in [-0.2, -0.15) is 0 Å². The summed E-state index contributed by atoms with van der Waals surface area (Å²) in [5.41, 5.74) is 2.85. The summed E-state index contributed by atoms with van der Waals surface area (Å²) in [4.78, 5) is 12.2. The van der Waals surface area contributed by atoms with Crippen molar-refractivity contribution in [3.05, 3.63) is 90.0 Å². The van der Waals surface area contributed by atoms with Crippen molar-refractivity contribution in [3.8, 4) is 17.2 Å². The minimum atomic E-state index is -0.490. The van der Waals surface area contributed by atoms with Crippen LogP contribution in [0.4, 0.5) is 0 Å². The van der Waals surface area contributed by atoms with E-state index in [0.717, 1.165) is 18.4 Å². The van der Waals surface area contributed by atoms with Gasteiger partial charge in [-0.25, -0.2) is 4.79 Å². The van der Waals surface area contributed by atoms with E-state index in [2.05, 4.69) is 39.5 Å². The zero-order valence-electron chi connectivity index (χ0n) is 19.3. The fourth-order valence-electron chi connectivity index (χ4n) is 3.01. The molecule has 0 heterocycles. The number of benzene rings is 2. The highest BCUT2D eigenvalue weighted by molar-refractivity contribution is 5.88. The van der Waals surface area contributed by atoms with E-state index in [-0.39, 0.29) is 11.2 Å². The highest BCUT2D eigenvalue weighted by Crippen LogP contribution is 2.29. The van der Waals surface area contributed by atoms with Crippen molar-refractivity contribution in [2.75, 3.05) is 7.11 Å². The number of carbonyl (C=O) groups is 1. The summed E-state index contributed by atoms with van der Waals surface area (Å²) in [5, 5.41) is 9.65. The average molecular weight is 433 g/mol. The normalized spacial score (nSPS) is 13.0. The van der Waals surface area contributed by atoms with Crippen LogP contribution >= 0.6 is 0 Å². The van der Waals surface area contributed by atoms with Gasteiger partial charge in [0, 0.05) is 11.5 Å². The molecule has 0 aliphatic carbocycles. The van der Waals surface area contributed by atoms with Crippen molar-refractivity contribution in [1.29, 1.82) is 0 Å². The van der Waals surface area contributed by atoms with Crippen LogP contribution in [0.5, 0.6) is 17.2 Å². The molecule has 0 bridgehead atoms. The molecule has 2 rings (SSSR count). The number of phenolic OH excluding ortho intramolecular Hbond substituents is 1. The number of ether oxygens (including phenoxy) is 2. The Kier molecular flexibility index (Phi) is 9.08. The molecule has 0 radical (unpaired) electrons. The first-order chi connectivity index (χ1) is 15.2. The summed E-state index contributed by atoms with van der Waals surface area (Å²) in [6, 6.07) is 12.2. The molecule has 1 atom stereocenters. The zero-order valence-corrected chi connectivity index (χ0v) is 19.3. The standard InChI is InChI=1S/C28H32O4/c1-6-28(4,17-8-9-21(2)3)18-16-22-10-7-11-24(19-22)32-27(30)15-13-23-12-14-25(29)26(20-23)31-5/h6-7,9-16,18-20,29H,1,8,17H2,2-5H3/b15-13+,18-16+. The molecule has 4 heteroatoms. The van der Waals surface area contributed by atoms with Crippen LogP contribution in [-0.2, 0) is 4.79 Å². The van der Waals surface area contributed by atoms with Gasteiger partial charge >= 0.3 is 5.97 Å². The molecular formula is C28H32O4. The number of aromatic hydroxyl groups is 1. The van der Waals surface area contributed by atoms with E-state index in [1.165, 1.54) is 24.8 Å². The molecule has 168 valence electrons. The van der Waals surface area contributed by atoms with Gasteiger partial charge in [0.25, 0.3) is 0 Å². The molecule has 0 aliphatic rings. The van der Waals surface area contributed by atoms with Gasteiger partial charge in [-0.05, 0) is 68.2 Å². The molecule has 1 N–H and O–H groups in total.